The molecular formula is C23H20N2O2. The molecule has 1 aromatic heterocycles. The highest BCUT2D eigenvalue weighted by Crippen LogP contribution is 2.23. The Labute approximate surface area is 157 Å². The maximum absolute atomic E-state index is 12.9. The molecule has 0 radical (unpaired) electrons. The fourth-order valence-electron chi connectivity index (χ4n) is 3.23. The van der Waals surface area contributed by atoms with E-state index in [4.69, 9.17) is 5.11 Å². The molecule has 27 heavy (non-hydrogen) atoms. The average molecular weight is 356 g/mol. The van der Waals surface area contributed by atoms with Gasteiger partial charge in [0.25, 0.3) is 5.91 Å². The van der Waals surface area contributed by atoms with Gasteiger partial charge in [-0.3, -0.25) is 4.79 Å². The van der Waals surface area contributed by atoms with E-state index < -0.39 is 0 Å². The van der Waals surface area contributed by atoms with Gasteiger partial charge in [0.15, 0.2) is 0 Å². The van der Waals surface area contributed by atoms with Crippen molar-refractivity contribution >= 4 is 22.5 Å². The Kier molecular flexibility index (Phi) is 4.73. The predicted octanol–water partition coefficient (Wildman–Crippen LogP) is 4.43. The van der Waals surface area contributed by atoms with E-state index in [1.54, 1.807) is 24.3 Å². The second-order valence-corrected chi connectivity index (χ2v) is 6.48. The number of hydrogen-bond acceptors (Lipinski definition) is 2. The molecule has 0 aliphatic carbocycles. The maximum Gasteiger partial charge on any atom is 0.257 e. The minimum atomic E-state index is -0.144. The fraction of sp³-hybridized carbons (Fsp3) is 0.0870. The second kappa shape index (κ2) is 7.48. The van der Waals surface area contributed by atoms with Gasteiger partial charge in [0.2, 0.25) is 0 Å². The number of hydrogen-bond donors (Lipinski definition) is 2. The van der Waals surface area contributed by atoms with Crippen molar-refractivity contribution < 1.29 is 9.90 Å². The van der Waals surface area contributed by atoms with Crippen molar-refractivity contribution in [2.75, 3.05) is 5.32 Å². The first-order valence-corrected chi connectivity index (χ1v) is 8.87. The number of aliphatic hydroxyl groups is 1. The molecule has 4 heteroatoms. The number of amides is 1. The van der Waals surface area contributed by atoms with Gasteiger partial charge in [-0.25, -0.2) is 0 Å². The van der Waals surface area contributed by atoms with E-state index in [1.165, 1.54) is 5.56 Å². The Balaban J connectivity index is 1.65. The highest BCUT2D eigenvalue weighted by molar-refractivity contribution is 6.13. The van der Waals surface area contributed by atoms with Gasteiger partial charge in [0.05, 0.1) is 12.2 Å². The number of nitrogens with zero attached hydrogens (tertiary/aromatic N) is 1. The molecule has 0 aliphatic heterocycles. The van der Waals surface area contributed by atoms with Crippen LogP contribution in [0.3, 0.4) is 0 Å². The summed E-state index contributed by atoms with van der Waals surface area (Å²) >= 11 is 0. The number of carbonyl (C=O) groups excluding carboxylic acids is 1. The van der Waals surface area contributed by atoms with Crippen molar-refractivity contribution in [1.29, 1.82) is 0 Å². The topological polar surface area (TPSA) is 54.3 Å². The zero-order chi connectivity index (χ0) is 18.6. The summed E-state index contributed by atoms with van der Waals surface area (Å²) in [7, 11) is 0. The first-order chi connectivity index (χ1) is 13.2. The lowest BCUT2D eigenvalue weighted by Crippen LogP contribution is -2.11. The monoisotopic (exact) mass is 356 g/mol. The first kappa shape index (κ1) is 17.1. The van der Waals surface area contributed by atoms with Gasteiger partial charge in [-0.15, -0.1) is 0 Å². The zero-order valence-corrected chi connectivity index (χ0v) is 14.8. The molecule has 4 aromatic rings. The quantitative estimate of drug-likeness (QED) is 0.556. The molecule has 0 saturated heterocycles. The predicted molar refractivity (Wildman–Crippen MR) is 108 cm³/mol. The molecule has 0 fully saturated rings. The summed E-state index contributed by atoms with van der Waals surface area (Å²) < 4.78 is 2.11. The molecule has 4 nitrogen and oxygen atoms in total. The second-order valence-electron chi connectivity index (χ2n) is 6.48. The number of benzene rings is 3. The Hall–Kier alpha value is -3.37. The summed E-state index contributed by atoms with van der Waals surface area (Å²) in [5, 5.41) is 13.0. The van der Waals surface area contributed by atoms with Crippen molar-refractivity contribution in [3.05, 3.63) is 102 Å². The lowest BCUT2D eigenvalue weighted by Gasteiger charge is -2.05. The van der Waals surface area contributed by atoms with Crippen LogP contribution in [0.15, 0.2) is 85.1 Å². The van der Waals surface area contributed by atoms with Gasteiger partial charge in [0.1, 0.15) is 0 Å². The summed E-state index contributed by atoms with van der Waals surface area (Å²) in [6.07, 6.45) is 1.91. The minimum Gasteiger partial charge on any atom is -0.392 e. The maximum atomic E-state index is 12.9. The Morgan fingerprint density at radius 3 is 2.30 bits per heavy atom. The summed E-state index contributed by atoms with van der Waals surface area (Å²) in [6, 6.07) is 25.3. The number of para-hydroxylation sites is 1. The van der Waals surface area contributed by atoms with E-state index >= 15 is 0 Å². The van der Waals surface area contributed by atoms with E-state index in [1.807, 2.05) is 48.7 Å². The van der Waals surface area contributed by atoms with Crippen molar-refractivity contribution in [3.63, 3.8) is 0 Å². The Morgan fingerprint density at radius 2 is 1.56 bits per heavy atom. The van der Waals surface area contributed by atoms with Crippen LogP contribution < -0.4 is 5.32 Å². The molecule has 0 aliphatic rings. The van der Waals surface area contributed by atoms with Crippen LogP contribution in [0.1, 0.15) is 21.5 Å². The number of nitrogens with one attached hydrogen (secondary N) is 1. The molecule has 1 amide bonds. The van der Waals surface area contributed by atoms with Crippen LogP contribution in [0.5, 0.6) is 0 Å². The summed E-state index contributed by atoms with van der Waals surface area (Å²) in [5.41, 5.74) is 4.38. The van der Waals surface area contributed by atoms with Crippen molar-refractivity contribution in [2.45, 2.75) is 13.2 Å². The van der Waals surface area contributed by atoms with Gasteiger partial charge >= 0.3 is 0 Å². The number of aromatic nitrogens is 1. The Bertz CT molecular complexity index is 1070. The van der Waals surface area contributed by atoms with Gasteiger partial charge in [-0.05, 0) is 29.3 Å². The van der Waals surface area contributed by atoms with E-state index in [0.29, 0.717) is 17.8 Å². The highest BCUT2D eigenvalue weighted by atomic mass is 16.3. The summed E-state index contributed by atoms with van der Waals surface area (Å²) in [6.45, 7) is 0.695. The molecule has 0 spiro atoms. The smallest absolute Gasteiger partial charge is 0.257 e. The molecule has 1 heterocycles. The van der Waals surface area contributed by atoms with Crippen LogP contribution in [0.4, 0.5) is 5.69 Å². The van der Waals surface area contributed by atoms with Crippen molar-refractivity contribution in [1.82, 2.24) is 4.57 Å². The molecule has 4 rings (SSSR count). The van der Waals surface area contributed by atoms with Gasteiger partial charge in [0, 0.05) is 29.3 Å². The van der Waals surface area contributed by atoms with Crippen LogP contribution in [0, 0.1) is 0 Å². The molecule has 0 bridgehead atoms. The lowest BCUT2D eigenvalue weighted by atomic mass is 10.1. The van der Waals surface area contributed by atoms with Crippen LogP contribution in [-0.4, -0.2) is 15.6 Å². The highest BCUT2D eigenvalue weighted by Gasteiger charge is 2.15. The minimum absolute atomic E-state index is 0.0127. The van der Waals surface area contributed by atoms with E-state index in [-0.39, 0.29) is 12.5 Å². The number of fused-ring (bicyclic) bond motifs is 1. The fourth-order valence-corrected chi connectivity index (χ4v) is 3.23. The standard InChI is InChI=1S/C23H20N2O2/c26-16-18-10-12-19(13-11-18)24-23(27)21-15-25(14-17-6-2-1-3-7-17)22-9-5-4-8-20(21)22/h1-13,15,26H,14,16H2,(H,24,27). The van der Waals surface area contributed by atoms with Gasteiger partial charge in [-0.1, -0.05) is 60.7 Å². The molecule has 0 saturated carbocycles. The molecule has 134 valence electrons. The van der Waals surface area contributed by atoms with Crippen LogP contribution in [-0.2, 0) is 13.2 Å². The third kappa shape index (κ3) is 3.61. The molecule has 2 N–H and O–H groups in total. The van der Waals surface area contributed by atoms with Gasteiger partial charge in [-0.2, -0.15) is 0 Å². The molecular weight excluding hydrogens is 336 g/mol. The van der Waals surface area contributed by atoms with E-state index in [2.05, 4.69) is 22.0 Å². The number of anilines is 1. The Morgan fingerprint density at radius 1 is 0.852 bits per heavy atom. The van der Waals surface area contributed by atoms with E-state index in [0.717, 1.165) is 16.5 Å². The van der Waals surface area contributed by atoms with Crippen LogP contribution in [0.2, 0.25) is 0 Å². The third-order valence-corrected chi connectivity index (χ3v) is 4.62. The lowest BCUT2D eigenvalue weighted by molar-refractivity contribution is 0.102. The number of aliphatic hydroxyl groups excluding tert-OH is 1. The summed E-state index contributed by atoms with van der Waals surface area (Å²) in [4.78, 5) is 12.9. The van der Waals surface area contributed by atoms with Crippen molar-refractivity contribution in [3.8, 4) is 0 Å². The number of carbonyl (C=O) groups is 1. The SMILES string of the molecule is O=C(Nc1ccc(CO)cc1)c1cn(Cc2ccccc2)c2ccccc12. The molecule has 0 unspecified atom stereocenters. The van der Waals surface area contributed by atoms with Crippen LogP contribution >= 0.6 is 0 Å². The van der Waals surface area contributed by atoms with Crippen LogP contribution in [0.25, 0.3) is 10.9 Å². The third-order valence-electron chi connectivity index (χ3n) is 4.62. The van der Waals surface area contributed by atoms with Gasteiger partial charge < -0.3 is 15.0 Å². The zero-order valence-electron chi connectivity index (χ0n) is 14.8. The largest absolute Gasteiger partial charge is 0.392 e. The molecule has 0 atom stereocenters. The summed E-state index contributed by atoms with van der Waals surface area (Å²) in [5.74, 6) is -0.144. The normalized spacial score (nSPS) is 10.9. The van der Waals surface area contributed by atoms with E-state index in [9.17, 15) is 4.79 Å². The number of rotatable bonds is 5. The first-order valence-electron chi connectivity index (χ1n) is 8.87. The average Bonchev–Trinajstić information content (AvgIpc) is 3.08. The molecule has 3 aromatic carbocycles. The van der Waals surface area contributed by atoms with Crippen molar-refractivity contribution in [2.24, 2.45) is 0 Å².